The maximum atomic E-state index is 4.14. The smallest absolute Gasteiger partial charge is 0.227 e. The predicted molar refractivity (Wildman–Crippen MR) is 52.2 cm³/mol. The Kier molecular flexibility index (Phi) is 2.18. The summed E-state index contributed by atoms with van der Waals surface area (Å²) in [6.45, 7) is 1.95. The maximum Gasteiger partial charge on any atom is 0.227 e. The predicted octanol–water partition coefficient (Wildman–Crippen LogP) is 1.99. The molecule has 0 radical (unpaired) electrons. The molecule has 2 rings (SSSR count). The second kappa shape index (κ2) is 3.49. The van der Waals surface area contributed by atoms with Crippen LogP contribution in [0.15, 0.2) is 24.5 Å². The molecule has 2 aromatic rings. The molecule has 0 amide bonds. The van der Waals surface area contributed by atoms with Gasteiger partial charge in [0.05, 0.1) is 5.69 Å². The Balaban J connectivity index is 2.15. The minimum Gasteiger partial charge on any atom is -0.314 e. The Labute approximate surface area is 79.8 Å². The van der Waals surface area contributed by atoms with E-state index in [-0.39, 0.29) is 0 Å². The van der Waals surface area contributed by atoms with Crippen molar-refractivity contribution in [1.82, 2.24) is 14.3 Å². The van der Waals surface area contributed by atoms with Gasteiger partial charge in [0.1, 0.15) is 5.00 Å². The summed E-state index contributed by atoms with van der Waals surface area (Å²) >= 11 is 1.40. The summed E-state index contributed by atoms with van der Waals surface area (Å²) in [6.07, 6.45) is 3.40. The van der Waals surface area contributed by atoms with E-state index in [9.17, 15) is 0 Å². The molecule has 0 atom stereocenters. The lowest BCUT2D eigenvalue weighted by Crippen LogP contribution is -1.92. The summed E-state index contributed by atoms with van der Waals surface area (Å²) < 4.78 is 4.14. The van der Waals surface area contributed by atoms with E-state index in [4.69, 9.17) is 0 Å². The molecule has 0 aliphatic rings. The topological polar surface area (TPSA) is 50.7 Å². The summed E-state index contributed by atoms with van der Waals surface area (Å²) in [5.41, 5.74) is 1.00. The lowest BCUT2D eigenvalue weighted by Gasteiger charge is -1.97. The molecular weight excluding hydrogens is 184 g/mol. The monoisotopic (exact) mass is 192 g/mol. The number of nitrogens with zero attached hydrogens (tertiary/aromatic N) is 3. The van der Waals surface area contributed by atoms with Crippen LogP contribution in [0.1, 0.15) is 5.69 Å². The minimum absolute atomic E-state index is 0.603. The third-order valence-electron chi connectivity index (χ3n) is 1.43. The zero-order chi connectivity index (χ0) is 9.10. The first-order valence-electron chi connectivity index (χ1n) is 3.82. The van der Waals surface area contributed by atoms with Gasteiger partial charge in [-0.15, -0.1) is 0 Å². The molecule has 13 heavy (non-hydrogen) atoms. The Morgan fingerprint density at radius 3 is 2.69 bits per heavy atom. The van der Waals surface area contributed by atoms with E-state index in [1.54, 1.807) is 18.5 Å². The van der Waals surface area contributed by atoms with Crippen LogP contribution in [0.5, 0.6) is 0 Å². The molecule has 0 saturated heterocycles. The van der Waals surface area contributed by atoms with Gasteiger partial charge in [-0.3, -0.25) is 0 Å². The van der Waals surface area contributed by atoms with Gasteiger partial charge in [0.15, 0.2) is 0 Å². The van der Waals surface area contributed by atoms with Gasteiger partial charge in [-0.1, -0.05) is 0 Å². The van der Waals surface area contributed by atoms with Crippen molar-refractivity contribution in [3.8, 4) is 0 Å². The molecule has 0 unspecified atom stereocenters. The zero-order valence-electron chi connectivity index (χ0n) is 7.06. The average Bonchev–Trinajstić information content (AvgIpc) is 2.53. The quantitative estimate of drug-likeness (QED) is 0.790. The number of hydrogen-bond donors (Lipinski definition) is 1. The van der Waals surface area contributed by atoms with E-state index in [2.05, 4.69) is 19.7 Å². The normalized spacial score (nSPS) is 9.92. The molecular formula is C8H8N4S. The van der Waals surface area contributed by atoms with Gasteiger partial charge in [-0.25, -0.2) is 9.97 Å². The Morgan fingerprint density at radius 2 is 2.08 bits per heavy atom. The first-order valence-corrected chi connectivity index (χ1v) is 4.59. The summed E-state index contributed by atoms with van der Waals surface area (Å²) in [5, 5.41) is 4.02. The highest BCUT2D eigenvalue weighted by Gasteiger charge is 1.98. The van der Waals surface area contributed by atoms with Crippen molar-refractivity contribution in [1.29, 1.82) is 0 Å². The second-order valence-electron chi connectivity index (χ2n) is 2.53. The van der Waals surface area contributed by atoms with E-state index < -0.39 is 0 Å². The number of nitrogens with one attached hydrogen (secondary N) is 1. The Hall–Kier alpha value is -1.49. The number of aromatic nitrogens is 3. The summed E-state index contributed by atoms with van der Waals surface area (Å²) in [4.78, 5) is 8.08. The molecule has 5 heteroatoms. The second-order valence-corrected chi connectivity index (χ2v) is 3.33. The molecule has 0 aliphatic carbocycles. The van der Waals surface area contributed by atoms with E-state index in [1.807, 2.05) is 13.0 Å². The van der Waals surface area contributed by atoms with Crippen LogP contribution < -0.4 is 5.32 Å². The molecule has 0 aliphatic heterocycles. The van der Waals surface area contributed by atoms with E-state index >= 15 is 0 Å². The van der Waals surface area contributed by atoms with E-state index in [0.29, 0.717) is 5.95 Å². The fourth-order valence-electron chi connectivity index (χ4n) is 0.896. The van der Waals surface area contributed by atoms with Crippen LogP contribution >= 0.6 is 11.5 Å². The number of aryl methyl sites for hydroxylation is 1. The van der Waals surface area contributed by atoms with Crippen LogP contribution in [-0.4, -0.2) is 14.3 Å². The lowest BCUT2D eigenvalue weighted by molar-refractivity contribution is 1.17. The van der Waals surface area contributed by atoms with E-state index in [1.165, 1.54) is 11.5 Å². The largest absolute Gasteiger partial charge is 0.314 e. The zero-order valence-corrected chi connectivity index (χ0v) is 7.88. The highest BCUT2D eigenvalue weighted by molar-refractivity contribution is 7.10. The Morgan fingerprint density at radius 1 is 1.31 bits per heavy atom. The fraction of sp³-hybridized carbons (Fsp3) is 0.125. The molecule has 0 spiro atoms. The average molecular weight is 192 g/mol. The summed E-state index contributed by atoms with van der Waals surface area (Å²) in [6, 6.07) is 3.74. The summed E-state index contributed by atoms with van der Waals surface area (Å²) in [5.74, 6) is 0.603. The van der Waals surface area contributed by atoms with Crippen LogP contribution in [0, 0.1) is 6.92 Å². The molecule has 0 fully saturated rings. The maximum absolute atomic E-state index is 4.14. The van der Waals surface area contributed by atoms with Crippen LogP contribution in [0.4, 0.5) is 10.9 Å². The van der Waals surface area contributed by atoms with Crippen molar-refractivity contribution >= 4 is 22.5 Å². The number of hydrogen-bond acceptors (Lipinski definition) is 5. The van der Waals surface area contributed by atoms with Gasteiger partial charge in [-0.2, -0.15) is 4.37 Å². The van der Waals surface area contributed by atoms with E-state index in [0.717, 1.165) is 10.7 Å². The van der Waals surface area contributed by atoms with Gasteiger partial charge in [0, 0.05) is 12.4 Å². The Bertz CT molecular complexity index is 384. The first kappa shape index (κ1) is 8.12. The van der Waals surface area contributed by atoms with Crippen LogP contribution in [0.25, 0.3) is 0 Å². The molecule has 0 bridgehead atoms. The van der Waals surface area contributed by atoms with Gasteiger partial charge in [0.2, 0.25) is 5.95 Å². The van der Waals surface area contributed by atoms with Crippen molar-refractivity contribution in [3.63, 3.8) is 0 Å². The van der Waals surface area contributed by atoms with Crippen LogP contribution in [-0.2, 0) is 0 Å². The van der Waals surface area contributed by atoms with Gasteiger partial charge in [-0.05, 0) is 30.6 Å². The number of rotatable bonds is 2. The first-order chi connectivity index (χ1) is 6.34. The highest BCUT2D eigenvalue weighted by atomic mass is 32.1. The number of anilines is 2. The minimum atomic E-state index is 0.603. The third-order valence-corrected chi connectivity index (χ3v) is 2.22. The highest BCUT2D eigenvalue weighted by Crippen LogP contribution is 2.18. The molecule has 66 valence electrons. The molecule has 1 N–H and O–H groups in total. The standard InChI is InChI=1S/C8H8N4S/c1-6-5-7(13-12-6)11-8-9-3-2-4-10-8/h2-5H,1H3,(H,9,10,11). The van der Waals surface area contributed by atoms with Crippen molar-refractivity contribution in [2.45, 2.75) is 6.92 Å². The van der Waals surface area contributed by atoms with Gasteiger partial charge < -0.3 is 5.32 Å². The van der Waals surface area contributed by atoms with Crippen molar-refractivity contribution in [3.05, 3.63) is 30.2 Å². The van der Waals surface area contributed by atoms with Crippen LogP contribution in [0.3, 0.4) is 0 Å². The van der Waals surface area contributed by atoms with Crippen molar-refractivity contribution in [2.75, 3.05) is 5.32 Å². The van der Waals surface area contributed by atoms with Gasteiger partial charge in [0.25, 0.3) is 0 Å². The molecule has 0 saturated carbocycles. The van der Waals surface area contributed by atoms with Crippen LogP contribution in [0.2, 0.25) is 0 Å². The van der Waals surface area contributed by atoms with Gasteiger partial charge >= 0.3 is 0 Å². The SMILES string of the molecule is Cc1cc(Nc2ncccn2)sn1. The molecule has 4 nitrogen and oxygen atoms in total. The summed E-state index contributed by atoms with van der Waals surface area (Å²) in [7, 11) is 0. The third kappa shape index (κ3) is 2.00. The lowest BCUT2D eigenvalue weighted by atomic mass is 10.5. The molecule has 2 heterocycles. The van der Waals surface area contributed by atoms with Crippen molar-refractivity contribution < 1.29 is 0 Å². The molecule has 2 aromatic heterocycles. The van der Waals surface area contributed by atoms with Crippen molar-refractivity contribution in [2.24, 2.45) is 0 Å². The fourth-order valence-corrected chi connectivity index (χ4v) is 1.55. The molecule has 0 aromatic carbocycles.